The molecule has 0 aliphatic rings. The van der Waals surface area contributed by atoms with E-state index in [0.29, 0.717) is 6.54 Å². The number of hydrogen-bond donors (Lipinski definition) is 1. The predicted octanol–water partition coefficient (Wildman–Crippen LogP) is 1.08. The van der Waals surface area contributed by atoms with Gasteiger partial charge in [0.1, 0.15) is 0 Å². The van der Waals surface area contributed by atoms with E-state index in [1.807, 2.05) is 0 Å². The normalized spacial score (nSPS) is 14.6. The minimum Gasteiger partial charge on any atom is -0.331 e. The molecule has 1 rings (SSSR count). The zero-order valence-corrected chi connectivity index (χ0v) is 9.83. The summed E-state index contributed by atoms with van der Waals surface area (Å²) in [6, 6.07) is -0.549. The fourth-order valence-electron chi connectivity index (χ4n) is 0.976. The van der Waals surface area contributed by atoms with Gasteiger partial charge in [0.25, 0.3) is 0 Å². The Morgan fingerprint density at radius 2 is 2.20 bits per heavy atom. The molecule has 5 nitrogen and oxygen atoms in total. The van der Waals surface area contributed by atoms with Crippen LogP contribution < -0.4 is 5.73 Å². The van der Waals surface area contributed by atoms with Crippen LogP contribution in [0, 0.1) is 0 Å². The molecule has 0 aromatic carbocycles. The van der Waals surface area contributed by atoms with E-state index in [9.17, 15) is 8.78 Å². The smallest absolute Gasteiger partial charge is 0.331 e. The van der Waals surface area contributed by atoms with Crippen LogP contribution >= 0.6 is 15.9 Å². The van der Waals surface area contributed by atoms with Crippen molar-refractivity contribution in [1.82, 2.24) is 15.0 Å². The highest BCUT2D eigenvalue weighted by molar-refractivity contribution is 9.09. The summed E-state index contributed by atoms with van der Waals surface area (Å²) >= 11 is 2.12. The quantitative estimate of drug-likeness (QED) is 0.838. The largest absolute Gasteiger partial charge is 0.378 e. The molecule has 86 valence electrons. The van der Waals surface area contributed by atoms with E-state index in [1.165, 1.54) is 0 Å². The standard InChI is InChI=1S/C7H11BrF2N4O/c1-14(2)3-4(11)5-12-6(15-13-5)7(8,9)10/h4H,3,11H2,1-2H3. The average Bonchev–Trinajstić information content (AvgIpc) is 2.48. The molecule has 0 aliphatic heterocycles. The number of alkyl halides is 3. The van der Waals surface area contributed by atoms with Crippen molar-refractivity contribution in [3.05, 3.63) is 11.7 Å². The molecule has 0 radical (unpaired) electrons. The molecule has 1 aromatic rings. The van der Waals surface area contributed by atoms with Gasteiger partial charge in [-0.3, -0.25) is 0 Å². The first-order chi connectivity index (χ1) is 6.80. The van der Waals surface area contributed by atoms with Gasteiger partial charge in [-0.25, -0.2) is 0 Å². The Morgan fingerprint density at radius 3 is 2.60 bits per heavy atom. The number of aromatic nitrogens is 2. The van der Waals surface area contributed by atoms with Crippen molar-refractivity contribution >= 4 is 15.9 Å². The maximum absolute atomic E-state index is 12.7. The van der Waals surface area contributed by atoms with Crippen LogP contribution in [0.1, 0.15) is 17.8 Å². The van der Waals surface area contributed by atoms with Crippen LogP contribution in [0.5, 0.6) is 0 Å². The summed E-state index contributed by atoms with van der Waals surface area (Å²) < 4.78 is 29.7. The molecule has 0 spiro atoms. The van der Waals surface area contributed by atoms with Crippen LogP contribution in [0.2, 0.25) is 0 Å². The molecule has 2 N–H and O–H groups in total. The third-order valence-electron chi connectivity index (χ3n) is 1.58. The van der Waals surface area contributed by atoms with E-state index < -0.39 is 16.8 Å². The van der Waals surface area contributed by atoms with Crippen molar-refractivity contribution in [2.24, 2.45) is 5.73 Å². The number of likely N-dealkylation sites (N-methyl/N-ethyl adjacent to an activating group) is 1. The molecule has 15 heavy (non-hydrogen) atoms. The Balaban J connectivity index is 2.76. The highest BCUT2D eigenvalue weighted by Gasteiger charge is 2.35. The molecule has 1 heterocycles. The summed E-state index contributed by atoms with van der Waals surface area (Å²) in [5.74, 6) is -0.718. The van der Waals surface area contributed by atoms with E-state index in [-0.39, 0.29) is 5.82 Å². The zero-order valence-electron chi connectivity index (χ0n) is 8.25. The molecule has 1 atom stereocenters. The van der Waals surface area contributed by atoms with E-state index in [2.05, 4.69) is 30.6 Å². The summed E-state index contributed by atoms with van der Waals surface area (Å²) in [6.07, 6.45) is 0. The molecule has 0 saturated carbocycles. The maximum Gasteiger partial charge on any atom is 0.378 e. The molecule has 0 fully saturated rings. The van der Waals surface area contributed by atoms with Crippen LogP contribution in [0.3, 0.4) is 0 Å². The lowest BCUT2D eigenvalue weighted by molar-refractivity contribution is 0.0725. The van der Waals surface area contributed by atoms with E-state index in [0.717, 1.165) is 0 Å². The molecular formula is C7H11BrF2N4O. The Labute approximate surface area is 93.7 Å². The number of nitrogens with zero attached hydrogens (tertiary/aromatic N) is 3. The minimum atomic E-state index is -3.31. The lowest BCUT2D eigenvalue weighted by atomic mass is 10.3. The highest BCUT2D eigenvalue weighted by atomic mass is 79.9. The second-order valence-electron chi connectivity index (χ2n) is 3.32. The second-order valence-corrected chi connectivity index (χ2v) is 4.32. The highest BCUT2D eigenvalue weighted by Crippen LogP contribution is 2.33. The van der Waals surface area contributed by atoms with Gasteiger partial charge in [-0.05, 0) is 14.1 Å². The summed E-state index contributed by atoms with van der Waals surface area (Å²) in [5, 5.41) is 3.39. The van der Waals surface area contributed by atoms with Crippen LogP contribution in [0.25, 0.3) is 0 Å². The van der Waals surface area contributed by atoms with Crippen molar-refractivity contribution in [3.63, 3.8) is 0 Å². The zero-order chi connectivity index (χ0) is 11.6. The van der Waals surface area contributed by atoms with Crippen molar-refractivity contribution < 1.29 is 13.3 Å². The first-order valence-electron chi connectivity index (χ1n) is 4.12. The predicted molar refractivity (Wildman–Crippen MR) is 52.6 cm³/mol. The molecule has 1 aromatic heterocycles. The number of halogens is 3. The lowest BCUT2D eigenvalue weighted by Gasteiger charge is -2.12. The lowest BCUT2D eigenvalue weighted by Crippen LogP contribution is -2.26. The first-order valence-corrected chi connectivity index (χ1v) is 4.91. The second kappa shape index (κ2) is 4.50. The van der Waals surface area contributed by atoms with Gasteiger partial charge in [-0.1, -0.05) is 5.16 Å². The fourth-order valence-corrected chi connectivity index (χ4v) is 1.14. The third kappa shape index (κ3) is 3.47. The molecule has 0 amide bonds. The number of nitrogens with two attached hydrogens (primary N) is 1. The maximum atomic E-state index is 12.7. The molecule has 8 heteroatoms. The Hall–Kier alpha value is -0.600. The van der Waals surface area contributed by atoms with Crippen molar-refractivity contribution in [2.75, 3.05) is 20.6 Å². The Bertz CT molecular complexity index is 325. The van der Waals surface area contributed by atoms with Crippen LogP contribution in [0.15, 0.2) is 4.52 Å². The third-order valence-corrected chi connectivity index (χ3v) is 1.92. The van der Waals surface area contributed by atoms with Gasteiger partial charge >= 0.3 is 10.7 Å². The average molecular weight is 285 g/mol. The Kier molecular flexibility index (Phi) is 3.74. The van der Waals surface area contributed by atoms with E-state index >= 15 is 0 Å². The van der Waals surface area contributed by atoms with Gasteiger partial charge in [-0.15, -0.1) is 0 Å². The monoisotopic (exact) mass is 284 g/mol. The van der Waals surface area contributed by atoms with Crippen molar-refractivity contribution in [1.29, 1.82) is 0 Å². The van der Waals surface area contributed by atoms with Gasteiger partial charge in [0, 0.05) is 22.5 Å². The van der Waals surface area contributed by atoms with E-state index in [1.54, 1.807) is 19.0 Å². The summed E-state index contributed by atoms with van der Waals surface area (Å²) in [7, 11) is 3.61. The first kappa shape index (κ1) is 12.5. The fraction of sp³-hybridized carbons (Fsp3) is 0.714. The van der Waals surface area contributed by atoms with Gasteiger partial charge in [0.2, 0.25) is 0 Å². The van der Waals surface area contributed by atoms with Gasteiger partial charge < -0.3 is 15.2 Å². The molecule has 0 aliphatic carbocycles. The number of hydrogen-bond acceptors (Lipinski definition) is 5. The van der Waals surface area contributed by atoms with Gasteiger partial charge in [0.15, 0.2) is 5.82 Å². The van der Waals surface area contributed by atoms with Gasteiger partial charge in [0.05, 0.1) is 6.04 Å². The summed E-state index contributed by atoms with van der Waals surface area (Å²) in [5.41, 5.74) is 5.67. The molecule has 0 bridgehead atoms. The SMILES string of the molecule is CN(C)CC(N)c1noc(C(F)(F)Br)n1. The number of rotatable bonds is 4. The Morgan fingerprint density at radius 1 is 1.60 bits per heavy atom. The molecular weight excluding hydrogens is 274 g/mol. The van der Waals surface area contributed by atoms with Gasteiger partial charge in [-0.2, -0.15) is 13.8 Å². The molecule has 1 unspecified atom stereocenters. The summed E-state index contributed by atoms with van der Waals surface area (Å²) in [4.78, 5) is 2.00. The summed E-state index contributed by atoms with van der Waals surface area (Å²) in [6.45, 7) is 0.451. The van der Waals surface area contributed by atoms with Crippen LogP contribution in [0.4, 0.5) is 8.78 Å². The molecule has 0 saturated heterocycles. The van der Waals surface area contributed by atoms with Crippen molar-refractivity contribution in [2.45, 2.75) is 10.9 Å². The topological polar surface area (TPSA) is 68.2 Å². The van der Waals surface area contributed by atoms with Crippen LogP contribution in [-0.4, -0.2) is 35.7 Å². The minimum absolute atomic E-state index is 0.0674. The van der Waals surface area contributed by atoms with E-state index in [4.69, 9.17) is 5.73 Å². The van der Waals surface area contributed by atoms with Crippen molar-refractivity contribution in [3.8, 4) is 0 Å². The van der Waals surface area contributed by atoms with Crippen LogP contribution in [-0.2, 0) is 4.83 Å².